The Kier molecular flexibility index (Phi) is 6.11. The minimum Gasteiger partial charge on any atom is -0.484 e. The third-order valence-corrected chi connectivity index (χ3v) is 2.77. The van der Waals surface area contributed by atoms with Crippen LogP contribution in [0.3, 0.4) is 0 Å². The molecular weight excluding hydrogens is 272 g/mol. The van der Waals surface area contributed by atoms with Gasteiger partial charge in [0, 0.05) is 26.6 Å². The average molecular weight is 292 g/mol. The van der Waals surface area contributed by atoms with Crippen LogP contribution in [-0.2, 0) is 24.3 Å². The van der Waals surface area contributed by atoms with E-state index in [9.17, 15) is 0 Å². The van der Waals surface area contributed by atoms with Crippen molar-refractivity contribution in [2.75, 3.05) is 20.3 Å². The molecule has 2 heterocycles. The number of ether oxygens (including phenoxy) is 2. The summed E-state index contributed by atoms with van der Waals surface area (Å²) >= 11 is 0. The first-order chi connectivity index (χ1) is 10.3. The highest BCUT2D eigenvalue weighted by Gasteiger charge is 2.05. The predicted octanol–water partition coefficient (Wildman–Crippen LogP) is 1.34. The molecule has 21 heavy (non-hydrogen) atoms. The van der Waals surface area contributed by atoms with E-state index in [0.29, 0.717) is 30.6 Å². The number of hydrogen-bond donors (Lipinski definition) is 1. The molecule has 114 valence electrons. The molecule has 2 aromatic rings. The van der Waals surface area contributed by atoms with E-state index < -0.39 is 0 Å². The summed E-state index contributed by atoms with van der Waals surface area (Å²) in [4.78, 5) is 8.49. The Hall–Kier alpha value is -1.99. The van der Waals surface area contributed by atoms with Gasteiger partial charge < -0.3 is 19.3 Å². The van der Waals surface area contributed by atoms with Crippen LogP contribution in [0.5, 0.6) is 5.75 Å². The van der Waals surface area contributed by atoms with Crippen LogP contribution in [-0.4, -0.2) is 35.4 Å². The summed E-state index contributed by atoms with van der Waals surface area (Å²) in [6, 6.07) is 3.80. The summed E-state index contributed by atoms with van der Waals surface area (Å²) in [5, 5.41) is 7.05. The number of rotatable bonds is 9. The van der Waals surface area contributed by atoms with Crippen LogP contribution >= 0.6 is 0 Å². The third kappa shape index (κ3) is 5.13. The molecule has 0 unspecified atom stereocenters. The van der Waals surface area contributed by atoms with Crippen LogP contribution in [0.2, 0.25) is 0 Å². The van der Waals surface area contributed by atoms with Gasteiger partial charge in [-0.2, -0.15) is 4.98 Å². The summed E-state index contributed by atoms with van der Waals surface area (Å²) in [6.07, 6.45) is 2.41. The number of aryl methyl sites for hydroxylation is 1. The zero-order valence-corrected chi connectivity index (χ0v) is 12.3. The number of nitrogens with one attached hydrogen (secondary N) is 1. The standard InChI is InChI=1S/C14H20N4O3/c1-3-14-17-13(18-21-14)10-20-12-5-4-11(16-9-12)8-15-6-7-19-2/h4-5,9,15H,3,6-8,10H2,1-2H3. The molecule has 0 saturated carbocycles. The molecule has 0 aliphatic heterocycles. The van der Waals surface area contributed by atoms with Crippen molar-refractivity contribution in [3.8, 4) is 5.75 Å². The molecule has 0 saturated heterocycles. The quantitative estimate of drug-likeness (QED) is 0.698. The summed E-state index contributed by atoms with van der Waals surface area (Å²) in [7, 11) is 1.68. The summed E-state index contributed by atoms with van der Waals surface area (Å²) in [6.45, 7) is 4.42. The molecule has 0 radical (unpaired) electrons. The largest absolute Gasteiger partial charge is 0.484 e. The number of aromatic nitrogens is 3. The molecule has 0 amide bonds. The molecule has 0 spiro atoms. The lowest BCUT2D eigenvalue weighted by atomic mass is 10.3. The van der Waals surface area contributed by atoms with Crippen molar-refractivity contribution in [2.24, 2.45) is 0 Å². The Balaban J connectivity index is 1.76. The number of nitrogens with zero attached hydrogens (tertiary/aromatic N) is 3. The van der Waals surface area contributed by atoms with Crippen molar-refractivity contribution in [1.82, 2.24) is 20.4 Å². The fourth-order valence-electron chi connectivity index (χ4n) is 1.63. The van der Waals surface area contributed by atoms with Gasteiger partial charge >= 0.3 is 0 Å². The molecule has 0 aliphatic carbocycles. The fourth-order valence-corrected chi connectivity index (χ4v) is 1.63. The zero-order valence-electron chi connectivity index (χ0n) is 12.3. The lowest BCUT2D eigenvalue weighted by molar-refractivity contribution is 0.199. The van der Waals surface area contributed by atoms with E-state index in [1.807, 2.05) is 19.1 Å². The lowest BCUT2D eigenvalue weighted by Crippen LogP contribution is -2.19. The maximum atomic E-state index is 5.56. The van der Waals surface area contributed by atoms with Gasteiger partial charge in [0.1, 0.15) is 5.75 Å². The molecule has 2 rings (SSSR count). The van der Waals surface area contributed by atoms with Gasteiger partial charge in [0.2, 0.25) is 11.7 Å². The molecular formula is C14H20N4O3. The van der Waals surface area contributed by atoms with Gasteiger partial charge in [0.15, 0.2) is 6.61 Å². The van der Waals surface area contributed by atoms with E-state index in [-0.39, 0.29) is 6.61 Å². The first-order valence-corrected chi connectivity index (χ1v) is 6.90. The highest BCUT2D eigenvalue weighted by molar-refractivity contribution is 5.19. The van der Waals surface area contributed by atoms with Gasteiger partial charge in [-0.25, -0.2) is 0 Å². The number of hydrogen-bond acceptors (Lipinski definition) is 7. The first-order valence-electron chi connectivity index (χ1n) is 6.90. The van der Waals surface area contributed by atoms with Gasteiger partial charge in [0.05, 0.1) is 18.5 Å². The van der Waals surface area contributed by atoms with Gasteiger partial charge in [-0.3, -0.25) is 4.98 Å². The normalized spacial score (nSPS) is 10.8. The van der Waals surface area contributed by atoms with Crippen LogP contribution in [0.15, 0.2) is 22.9 Å². The predicted molar refractivity (Wildman–Crippen MR) is 75.8 cm³/mol. The smallest absolute Gasteiger partial charge is 0.226 e. The first kappa shape index (κ1) is 15.4. The molecule has 0 bridgehead atoms. The molecule has 0 aliphatic rings. The zero-order chi connectivity index (χ0) is 14.9. The number of pyridine rings is 1. The maximum absolute atomic E-state index is 5.56. The van der Waals surface area contributed by atoms with E-state index in [1.54, 1.807) is 13.3 Å². The Morgan fingerprint density at radius 2 is 2.24 bits per heavy atom. The van der Waals surface area contributed by atoms with Crippen LogP contribution in [0.1, 0.15) is 24.3 Å². The van der Waals surface area contributed by atoms with Crippen LogP contribution in [0.25, 0.3) is 0 Å². The van der Waals surface area contributed by atoms with E-state index in [4.69, 9.17) is 14.0 Å². The van der Waals surface area contributed by atoms with Crippen molar-refractivity contribution in [3.05, 3.63) is 35.7 Å². The van der Waals surface area contributed by atoms with Crippen molar-refractivity contribution in [2.45, 2.75) is 26.5 Å². The third-order valence-electron chi connectivity index (χ3n) is 2.77. The molecule has 7 nitrogen and oxygen atoms in total. The summed E-state index contributed by atoms with van der Waals surface area (Å²) in [5.74, 6) is 1.83. The van der Waals surface area contributed by atoms with Crippen molar-refractivity contribution in [1.29, 1.82) is 0 Å². The minimum atomic E-state index is 0.274. The Morgan fingerprint density at radius 1 is 1.33 bits per heavy atom. The minimum absolute atomic E-state index is 0.274. The monoisotopic (exact) mass is 292 g/mol. The van der Waals surface area contributed by atoms with E-state index >= 15 is 0 Å². The highest BCUT2D eigenvalue weighted by atomic mass is 16.5. The van der Waals surface area contributed by atoms with Gasteiger partial charge in [-0.15, -0.1) is 0 Å². The molecule has 2 aromatic heterocycles. The number of methoxy groups -OCH3 is 1. The van der Waals surface area contributed by atoms with E-state index in [2.05, 4.69) is 20.4 Å². The summed E-state index contributed by atoms with van der Waals surface area (Å²) in [5.41, 5.74) is 0.950. The van der Waals surface area contributed by atoms with Gasteiger partial charge in [0.25, 0.3) is 0 Å². The molecule has 0 fully saturated rings. The van der Waals surface area contributed by atoms with Crippen molar-refractivity contribution in [3.63, 3.8) is 0 Å². The topological polar surface area (TPSA) is 82.3 Å². The second kappa shape index (κ2) is 8.33. The molecule has 7 heteroatoms. The Morgan fingerprint density at radius 3 is 2.90 bits per heavy atom. The molecule has 0 atom stereocenters. The van der Waals surface area contributed by atoms with Crippen LogP contribution in [0, 0.1) is 0 Å². The van der Waals surface area contributed by atoms with Crippen LogP contribution in [0.4, 0.5) is 0 Å². The fraction of sp³-hybridized carbons (Fsp3) is 0.500. The Bertz CT molecular complexity index is 527. The highest BCUT2D eigenvalue weighted by Crippen LogP contribution is 2.11. The van der Waals surface area contributed by atoms with Crippen molar-refractivity contribution >= 4 is 0 Å². The van der Waals surface area contributed by atoms with Gasteiger partial charge in [-0.05, 0) is 12.1 Å². The average Bonchev–Trinajstić information content (AvgIpc) is 2.99. The van der Waals surface area contributed by atoms with Crippen molar-refractivity contribution < 1.29 is 14.0 Å². The molecule has 0 aromatic carbocycles. The van der Waals surface area contributed by atoms with Gasteiger partial charge in [-0.1, -0.05) is 12.1 Å². The SMILES string of the molecule is CCc1nc(COc2ccc(CNCCOC)nc2)no1. The second-order valence-corrected chi connectivity index (χ2v) is 4.40. The Labute approximate surface area is 123 Å². The van der Waals surface area contributed by atoms with Crippen LogP contribution < -0.4 is 10.1 Å². The maximum Gasteiger partial charge on any atom is 0.226 e. The van der Waals surface area contributed by atoms with E-state index in [1.165, 1.54) is 0 Å². The summed E-state index contributed by atoms with van der Waals surface area (Å²) < 4.78 is 15.5. The van der Waals surface area contributed by atoms with E-state index in [0.717, 1.165) is 18.7 Å². The second-order valence-electron chi connectivity index (χ2n) is 4.40. The molecule has 1 N–H and O–H groups in total. The lowest BCUT2D eigenvalue weighted by Gasteiger charge is -2.05.